The highest BCUT2D eigenvalue weighted by Gasteiger charge is 2.35. The number of rotatable bonds is 5. The summed E-state index contributed by atoms with van der Waals surface area (Å²) in [7, 11) is 1.81. The van der Waals surface area contributed by atoms with Crippen molar-refractivity contribution < 1.29 is 9.59 Å². The number of benzene rings is 1. The van der Waals surface area contributed by atoms with Crippen LogP contribution in [0.1, 0.15) is 31.2 Å². The van der Waals surface area contributed by atoms with E-state index in [0.29, 0.717) is 19.4 Å². The van der Waals surface area contributed by atoms with Crippen LogP contribution in [-0.2, 0) is 16.6 Å². The topological polar surface area (TPSA) is 67.2 Å². The van der Waals surface area contributed by atoms with Crippen LogP contribution in [0.3, 0.4) is 0 Å². The summed E-state index contributed by atoms with van der Waals surface area (Å²) in [5.41, 5.74) is 1.75. The SMILES string of the molecule is CC[C@@H](C(=O)N[C@@H]1CCN(c2cnn(C)c2)C1=O)c1ccccc1. The maximum absolute atomic E-state index is 12.6. The molecular formula is C18H22N4O2. The lowest BCUT2D eigenvalue weighted by Crippen LogP contribution is -2.43. The molecule has 0 aliphatic carbocycles. The highest BCUT2D eigenvalue weighted by molar-refractivity contribution is 6.01. The van der Waals surface area contributed by atoms with Gasteiger partial charge in [0.2, 0.25) is 11.8 Å². The summed E-state index contributed by atoms with van der Waals surface area (Å²) in [6.45, 7) is 2.58. The van der Waals surface area contributed by atoms with Crippen molar-refractivity contribution in [3.05, 3.63) is 48.3 Å². The van der Waals surface area contributed by atoms with Gasteiger partial charge in [-0.15, -0.1) is 0 Å². The van der Waals surface area contributed by atoms with Gasteiger partial charge in [-0.1, -0.05) is 37.3 Å². The van der Waals surface area contributed by atoms with Gasteiger partial charge in [0.1, 0.15) is 6.04 Å². The van der Waals surface area contributed by atoms with Crippen LogP contribution in [0.4, 0.5) is 5.69 Å². The largest absolute Gasteiger partial charge is 0.344 e. The number of carbonyl (C=O) groups excluding carboxylic acids is 2. The first-order valence-corrected chi connectivity index (χ1v) is 8.25. The Morgan fingerprint density at radius 1 is 1.38 bits per heavy atom. The van der Waals surface area contributed by atoms with Gasteiger partial charge in [-0.3, -0.25) is 14.3 Å². The second kappa shape index (κ2) is 6.86. The number of amides is 2. The quantitative estimate of drug-likeness (QED) is 0.911. The molecule has 6 nitrogen and oxygen atoms in total. The predicted octanol–water partition coefficient (Wildman–Crippen LogP) is 1.84. The second-order valence-electron chi connectivity index (χ2n) is 6.08. The van der Waals surface area contributed by atoms with Gasteiger partial charge in [-0.25, -0.2) is 0 Å². The fourth-order valence-electron chi connectivity index (χ4n) is 3.15. The first kappa shape index (κ1) is 16.2. The Balaban J connectivity index is 1.67. The van der Waals surface area contributed by atoms with E-state index in [1.54, 1.807) is 22.0 Å². The minimum atomic E-state index is -0.463. The fraction of sp³-hybridized carbons (Fsp3) is 0.389. The number of aromatic nitrogens is 2. The monoisotopic (exact) mass is 326 g/mol. The number of anilines is 1. The summed E-state index contributed by atoms with van der Waals surface area (Å²) in [6.07, 6.45) is 4.79. The van der Waals surface area contributed by atoms with E-state index >= 15 is 0 Å². The number of carbonyl (C=O) groups is 2. The molecule has 24 heavy (non-hydrogen) atoms. The average Bonchev–Trinajstić information content (AvgIpc) is 3.16. The maximum atomic E-state index is 12.6. The van der Waals surface area contributed by atoms with Crippen molar-refractivity contribution in [3.8, 4) is 0 Å². The lowest BCUT2D eigenvalue weighted by molar-refractivity contribution is -0.127. The van der Waals surface area contributed by atoms with Gasteiger partial charge in [-0.2, -0.15) is 5.10 Å². The Kier molecular flexibility index (Phi) is 4.64. The molecule has 1 aromatic heterocycles. The van der Waals surface area contributed by atoms with Gasteiger partial charge in [0.15, 0.2) is 0 Å². The summed E-state index contributed by atoms with van der Waals surface area (Å²) >= 11 is 0. The molecule has 1 saturated heterocycles. The maximum Gasteiger partial charge on any atom is 0.249 e. The molecule has 0 spiro atoms. The molecule has 1 N–H and O–H groups in total. The van der Waals surface area contributed by atoms with Crippen molar-refractivity contribution >= 4 is 17.5 Å². The normalized spacial score (nSPS) is 18.7. The van der Waals surface area contributed by atoms with E-state index in [1.807, 2.05) is 44.3 Å². The molecule has 1 aliphatic rings. The first-order valence-electron chi connectivity index (χ1n) is 8.25. The van der Waals surface area contributed by atoms with Crippen molar-refractivity contribution in [1.29, 1.82) is 0 Å². The van der Waals surface area contributed by atoms with E-state index in [9.17, 15) is 9.59 Å². The molecule has 0 unspecified atom stereocenters. The van der Waals surface area contributed by atoms with E-state index in [-0.39, 0.29) is 17.7 Å². The van der Waals surface area contributed by atoms with Crippen LogP contribution in [0.25, 0.3) is 0 Å². The number of aryl methyl sites for hydroxylation is 1. The van der Waals surface area contributed by atoms with Crippen molar-refractivity contribution in [2.24, 2.45) is 7.05 Å². The van der Waals surface area contributed by atoms with Gasteiger partial charge in [-0.05, 0) is 18.4 Å². The molecule has 2 aromatic rings. The smallest absolute Gasteiger partial charge is 0.249 e. The van der Waals surface area contributed by atoms with E-state index < -0.39 is 6.04 Å². The lowest BCUT2D eigenvalue weighted by Gasteiger charge is -2.19. The molecule has 2 heterocycles. The summed E-state index contributed by atoms with van der Waals surface area (Å²) in [6, 6.07) is 9.22. The van der Waals surface area contributed by atoms with Gasteiger partial charge in [0, 0.05) is 19.8 Å². The Bertz CT molecular complexity index is 726. The van der Waals surface area contributed by atoms with Crippen molar-refractivity contribution in [2.75, 3.05) is 11.4 Å². The summed E-state index contributed by atoms with van der Waals surface area (Å²) in [4.78, 5) is 26.9. The third-order valence-electron chi connectivity index (χ3n) is 4.45. The zero-order valence-electron chi connectivity index (χ0n) is 14.0. The molecule has 6 heteroatoms. The van der Waals surface area contributed by atoms with Crippen molar-refractivity contribution in [3.63, 3.8) is 0 Å². The summed E-state index contributed by atoms with van der Waals surface area (Å²) in [5.74, 6) is -0.388. The Labute approximate surface area is 141 Å². The molecule has 0 radical (unpaired) electrons. The van der Waals surface area contributed by atoms with Crippen LogP contribution in [0.5, 0.6) is 0 Å². The standard InChI is InChI=1S/C18H22N4O2/c1-3-15(13-7-5-4-6-8-13)17(23)20-16-9-10-22(18(16)24)14-11-19-21(2)12-14/h4-8,11-12,15-16H,3,9-10H2,1-2H3,(H,20,23)/t15-,16-/m1/s1. The zero-order chi connectivity index (χ0) is 17.1. The molecule has 2 atom stereocenters. The lowest BCUT2D eigenvalue weighted by atomic mass is 9.95. The fourth-order valence-corrected chi connectivity index (χ4v) is 3.15. The molecule has 1 fully saturated rings. The van der Waals surface area contributed by atoms with Crippen LogP contribution >= 0.6 is 0 Å². The van der Waals surface area contributed by atoms with Gasteiger partial charge >= 0.3 is 0 Å². The number of nitrogens with zero attached hydrogens (tertiary/aromatic N) is 3. The molecular weight excluding hydrogens is 304 g/mol. The van der Waals surface area contributed by atoms with Gasteiger partial charge < -0.3 is 10.2 Å². The molecule has 0 saturated carbocycles. The predicted molar refractivity (Wildman–Crippen MR) is 91.6 cm³/mol. The van der Waals surface area contributed by atoms with E-state index in [4.69, 9.17) is 0 Å². The van der Waals surface area contributed by atoms with Gasteiger partial charge in [0.25, 0.3) is 0 Å². The van der Waals surface area contributed by atoms with Crippen LogP contribution < -0.4 is 10.2 Å². The average molecular weight is 326 g/mol. The number of hydrogen-bond donors (Lipinski definition) is 1. The summed E-state index contributed by atoms with van der Waals surface area (Å²) in [5, 5.41) is 7.03. The molecule has 0 bridgehead atoms. The molecule has 1 aromatic carbocycles. The minimum absolute atomic E-state index is 0.0701. The van der Waals surface area contributed by atoms with E-state index in [0.717, 1.165) is 11.3 Å². The first-order chi connectivity index (χ1) is 11.6. The third-order valence-corrected chi connectivity index (χ3v) is 4.45. The van der Waals surface area contributed by atoms with E-state index in [1.165, 1.54) is 0 Å². The highest BCUT2D eigenvalue weighted by Crippen LogP contribution is 2.23. The highest BCUT2D eigenvalue weighted by atomic mass is 16.2. The molecule has 126 valence electrons. The molecule has 3 rings (SSSR count). The molecule has 1 aliphatic heterocycles. The van der Waals surface area contributed by atoms with Crippen LogP contribution in [0, 0.1) is 0 Å². The Morgan fingerprint density at radius 3 is 2.75 bits per heavy atom. The molecule has 2 amide bonds. The van der Waals surface area contributed by atoms with E-state index in [2.05, 4.69) is 10.4 Å². The van der Waals surface area contributed by atoms with Crippen LogP contribution in [0.2, 0.25) is 0 Å². The number of nitrogens with one attached hydrogen (secondary N) is 1. The van der Waals surface area contributed by atoms with Gasteiger partial charge in [0.05, 0.1) is 17.8 Å². The third kappa shape index (κ3) is 3.18. The van der Waals surface area contributed by atoms with Crippen LogP contribution in [0.15, 0.2) is 42.7 Å². The van der Waals surface area contributed by atoms with Crippen LogP contribution in [-0.4, -0.2) is 34.2 Å². The number of hydrogen-bond acceptors (Lipinski definition) is 3. The zero-order valence-corrected chi connectivity index (χ0v) is 14.0. The summed E-state index contributed by atoms with van der Waals surface area (Å²) < 4.78 is 1.66. The minimum Gasteiger partial charge on any atom is -0.344 e. The second-order valence-corrected chi connectivity index (χ2v) is 6.08. The Hall–Kier alpha value is -2.63. The Morgan fingerprint density at radius 2 is 2.12 bits per heavy atom. The van der Waals surface area contributed by atoms with Crippen molar-refractivity contribution in [1.82, 2.24) is 15.1 Å². The van der Waals surface area contributed by atoms with Crippen molar-refractivity contribution in [2.45, 2.75) is 31.7 Å².